The molecule has 0 aromatic carbocycles. The highest BCUT2D eigenvalue weighted by Crippen LogP contribution is 2.17. The second-order valence-corrected chi connectivity index (χ2v) is 6.54. The van der Waals surface area contributed by atoms with Crippen molar-refractivity contribution in [2.45, 2.75) is 51.0 Å². The van der Waals surface area contributed by atoms with Crippen molar-refractivity contribution in [1.29, 1.82) is 0 Å². The average molecular weight is 340 g/mol. The summed E-state index contributed by atoms with van der Waals surface area (Å²) in [6.45, 7) is 1.55. The van der Waals surface area contributed by atoms with Crippen molar-refractivity contribution in [1.82, 2.24) is 15.6 Å². The highest BCUT2D eigenvalue weighted by molar-refractivity contribution is 5.80. The summed E-state index contributed by atoms with van der Waals surface area (Å²) < 4.78 is 5.39. The zero-order valence-electron chi connectivity index (χ0n) is 14.8. The predicted molar refractivity (Wildman–Crippen MR) is 101 cm³/mol. The van der Waals surface area contributed by atoms with E-state index in [2.05, 4.69) is 21.7 Å². The molecule has 5 heteroatoms. The molecule has 0 radical (unpaired) electrons. The van der Waals surface area contributed by atoms with E-state index in [-0.39, 0.29) is 0 Å². The molecule has 2 heterocycles. The van der Waals surface area contributed by atoms with Gasteiger partial charge in [-0.3, -0.25) is 9.98 Å². The number of aliphatic imine (C=N–C) groups is 1. The summed E-state index contributed by atoms with van der Waals surface area (Å²) in [4.78, 5) is 9.11. The summed E-state index contributed by atoms with van der Waals surface area (Å²) in [6.07, 6.45) is 11.7. The average Bonchev–Trinajstić information content (AvgIpc) is 3.17. The van der Waals surface area contributed by atoms with Gasteiger partial charge in [0, 0.05) is 43.9 Å². The van der Waals surface area contributed by atoms with E-state index in [1.54, 1.807) is 6.26 Å². The number of nitrogens with zero attached hydrogens (tertiary/aromatic N) is 2. The Hall–Kier alpha value is -2.30. The third-order valence-electron chi connectivity index (χ3n) is 4.55. The lowest BCUT2D eigenvalue weighted by atomic mass is 9.96. The molecule has 25 heavy (non-hydrogen) atoms. The molecule has 3 rings (SSSR count). The normalized spacial score (nSPS) is 15.9. The molecule has 2 aromatic heterocycles. The Bertz CT molecular complexity index is 618. The first-order valence-electron chi connectivity index (χ1n) is 9.37. The lowest BCUT2D eigenvalue weighted by molar-refractivity contribution is 0.410. The summed E-state index contributed by atoms with van der Waals surface area (Å²) in [5, 5.41) is 7.07. The summed E-state index contributed by atoms with van der Waals surface area (Å²) in [7, 11) is 0. The standard InChI is InChI=1S/C20H28N4O/c1-2-8-18(9-3-1)24-20(23-15-12-19-10-6-16-25-19)22-14-11-17-7-4-5-13-21-17/h4-7,10,13,16,18H,1-3,8-9,11-12,14-15H2,(H2,22,23,24). The number of guanidine groups is 1. The monoisotopic (exact) mass is 340 g/mol. The van der Waals surface area contributed by atoms with Gasteiger partial charge < -0.3 is 15.1 Å². The Kier molecular flexibility index (Phi) is 6.91. The Morgan fingerprint density at radius 3 is 2.80 bits per heavy atom. The van der Waals surface area contributed by atoms with E-state index in [4.69, 9.17) is 9.41 Å². The summed E-state index contributed by atoms with van der Waals surface area (Å²) in [5.74, 6) is 1.89. The molecule has 0 atom stereocenters. The molecule has 0 unspecified atom stereocenters. The van der Waals surface area contributed by atoms with Crippen molar-refractivity contribution in [3.63, 3.8) is 0 Å². The second-order valence-electron chi connectivity index (χ2n) is 6.54. The molecule has 1 fully saturated rings. The van der Waals surface area contributed by atoms with Gasteiger partial charge >= 0.3 is 0 Å². The van der Waals surface area contributed by atoms with Crippen molar-refractivity contribution >= 4 is 5.96 Å². The number of furan rings is 1. The highest BCUT2D eigenvalue weighted by atomic mass is 16.3. The van der Waals surface area contributed by atoms with Crippen LogP contribution in [0.3, 0.4) is 0 Å². The fraction of sp³-hybridized carbons (Fsp3) is 0.500. The molecule has 0 amide bonds. The molecular formula is C20H28N4O. The first kappa shape index (κ1) is 17.5. The van der Waals surface area contributed by atoms with Crippen LogP contribution in [-0.2, 0) is 12.8 Å². The Balaban J connectivity index is 1.50. The van der Waals surface area contributed by atoms with Crippen LogP contribution in [0, 0.1) is 0 Å². The molecule has 0 spiro atoms. The van der Waals surface area contributed by atoms with E-state index in [9.17, 15) is 0 Å². The number of aromatic nitrogens is 1. The number of hydrogen-bond acceptors (Lipinski definition) is 3. The minimum absolute atomic E-state index is 0.540. The van der Waals surface area contributed by atoms with E-state index in [0.29, 0.717) is 6.04 Å². The summed E-state index contributed by atoms with van der Waals surface area (Å²) in [6, 6.07) is 10.5. The maximum Gasteiger partial charge on any atom is 0.191 e. The van der Waals surface area contributed by atoms with Crippen LogP contribution in [0.2, 0.25) is 0 Å². The van der Waals surface area contributed by atoms with Crippen molar-refractivity contribution in [3.05, 3.63) is 54.2 Å². The number of pyridine rings is 1. The predicted octanol–water partition coefficient (Wildman–Crippen LogP) is 3.33. The molecule has 0 saturated heterocycles. The van der Waals surface area contributed by atoms with E-state index in [0.717, 1.165) is 43.3 Å². The Morgan fingerprint density at radius 2 is 2.04 bits per heavy atom. The van der Waals surface area contributed by atoms with Gasteiger partial charge in [0.15, 0.2) is 5.96 Å². The SMILES string of the molecule is c1ccc(CCNC(=NCCc2ccco2)NC2CCCCC2)nc1. The number of rotatable bonds is 7. The maximum atomic E-state index is 5.39. The molecule has 1 saturated carbocycles. The smallest absolute Gasteiger partial charge is 0.191 e. The maximum absolute atomic E-state index is 5.39. The molecule has 0 bridgehead atoms. The molecule has 1 aliphatic carbocycles. The number of nitrogens with one attached hydrogen (secondary N) is 2. The quantitative estimate of drug-likeness (QED) is 0.599. The largest absolute Gasteiger partial charge is 0.469 e. The molecule has 0 aliphatic heterocycles. The third-order valence-corrected chi connectivity index (χ3v) is 4.55. The van der Waals surface area contributed by atoms with Crippen LogP contribution in [-0.4, -0.2) is 30.1 Å². The topological polar surface area (TPSA) is 62.5 Å². The number of hydrogen-bond donors (Lipinski definition) is 2. The molecule has 134 valence electrons. The zero-order chi connectivity index (χ0) is 17.2. The molecule has 1 aliphatic rings. The van der Waals surface area contributed by atoms with Gasteiger partial charge in [-0.05, 0) is 37.1 Å². The highest BCUT2D eigenvalue weighted by Gasteiger charge is 2.14. The lowest BCUT2D eigenvalue weighted by Gasteiger charge is -2.25. The zero-order valence-corrected chi connectivity index (χ0v) is 14.8. The van der Waals surface area contributed by atoms with Crippen LogP contribution in [0.5, 0.6) is 0 Å². The van der Waals surface area contributed by atoms with Gasteiger partial charge in [0.1, 0.15) is 5.76 Å². The second kappa shape index (κ2) is 9.87. The minimum Gasteiger partial charge on any atom is -0.469 e. The van der Waals surface area contributed by atoms with E-state index >= 15 is 0 Å². The van der Waals surface area contributed by atoms with E-state index < -0.39 is 0 Å². The molecule has 2 N–H and O–H groups in total. The van der Waals surface area contributed by atoms with Crippen LogP contribution in [0.1, 0.15) is 43.6 Å². The fourth-order valence-corrected chi connectivity index (χ4v) is 3.18. The van der Waals surface area contributed by atoms with Crippen LogP contribution in [0.15, 0.2) is 52.2 Å². The molecular weight excluding hydrogens is 312 g/mol. The van der Waals surface area contributed by atoms with Crippen molar-refractivity contribution < 1.29 is 4.42 Å². The summed E-state index contributed by atoms with van der Waals surface area (Å²) >= 11 is 0. The van der Waals surface area contributed by atoms with Crippen molar-refractivity contribution in [3.8, 4) is 0 Å². The van der Waals surface area contributed by atoms with Crippen molar-refractivity contribution in [2.24, 2.45) is 4.99 Å². The third kappa shape index (κ3) is 6.25. The molecule has 5 nitrogen and oxygen atoms in total. The van der Waals surface area contributed by atoms with Gasteiger partial charge in [-0.25, -0.2) is 0 Å². The van der Waals surface area contributed by atoms with E-state index in [1.165, 1.54) is 32.1 Å². The molecule has 2 aromatic rings. The lowest BCUT2D eigenvalue weighted by Crippen LogP contribution is -2.45. The van der Waals surface area contributed by atoms with E-state index in [1.807, 2.05) is 30.5 Å². The van der Waals surface area contributed by atoms with Gasteiger partial charge in [-0.1, -0.05) is 25.3 Å². The van der Waals surface area contributed by atoms with Gasteiger partial charge in [0.05, 0.1) is 6.26 Å². The van der Waals surface area contributed by atoms with Crippen molar-refractivity contribution in [2.75, 3.05) is 13.1 Å². The minimum atomic E-state index is 0.540. The Labute approximate surface area is 150 Å². The van der Waals surface area contributed by atoms with Crippen LogP contribution >= 0.6 is 0 Å². The van der Waals surface area contributed by atoms with Gasteiger partial charge in [0.2, 0.25) is 0 Å². The van der Waals surface area contributed by atoms with Crippen LogP contribution in [0.4, 0.5) is 0 Å². The first-order valence-corrected chi connectivity index (χ1v) is 9.37. The van der Waals surface area contributed by atoms with Gasteiger partial charge in [-0.2, -0.15) is 0 Å². The summed E-state index contributed by atoms with van der Waals surface area (Å²) in [5.41, 5.74) is 1.10. The van der Waals surface area contributed by atoms with Gasteiger partial charge in [-0.15, -0.1) is 0 Å². The van der Waals surface area contributed by atoms with Crippen LogP contribution in [0.25, 0.3) is 0 Å². The Morgan fingerprint density at radius 1 is 1.12 bits per heavy atom. The van der Waals surface area contributed by atoms with Crippen LogP contribution < -0.4 is 10.6 Å². The fourth-order valence-electron chi connectivity index (χ4n) is 3.18. The first-order chi connectivity index (χ1) is 12.4. The van der Waals surface area contributed by atoms with Gasteiger partial charge in [0.25, 0.3) is 0 Å².